The smallest absolute Gasteiger partial charge is 0.248 e. The van der Waals surface area contributed by atoms with E-state index < -0.39 is 22.0 Å². The molecule has 0 bridgehead atoms. The molecular formula is C19H22Cl2N2O3S. The number of rotatable bonds is 6. The first kappa shape index (κ1) is 21.5. The Morgan fingerprint density at radius 1 is 1.07 bits per heavy atom. The zero-order valence-corrected chi connectivity index (χ0v) is 17.9. The standard InChI is InChI=1S/C19H22Cl2N2O3S/c1-5-18(19(24)22-16-7-6-12(2)13(3)8-16)23(27(4,25)26)17-10-14(20)9-15(21)11-17/h6-11,18H,5H2,1-4H3,(H,22,24)/t18-/m0/s1. The van der Waals surface area contributed by atoms with Gasteiger partial charge in [0.2, 0.25) is 15.9 Å². The van der Waals surface area contributed by atoms with Crippen LogP contribution in [0, 0.1) is 13.8 Å². The molecular weight excluding hydrogens is 407 g/mol. The number of nitrogens with zero attached hydrogens (tertiary/aromatic N) is 1. The summed E-state index contributed by atoms with van der Waals surface area (Å²) in [6, 6.07) is 9.03. The maximum absolute atomic E-state index is 12.9. The third-order valence-corrected chi connectivity index (χ3v) is 5.82. The van der Waals surface area contributed by atoms with Gasteiger partial charge in [-0.05, 0) is 61.7 Å². The van der Waals surface area contributed by atoms with Crippen molar-refractivity contribution in [3.8, 4) is 0 Å². The predicted molar refractivity (Wildman–Crippen MR) is 112 cm³/mol. The van der Waals surface area contributed by atoms with E-state index in [-0.39, 0.29) is 22.2 Å². The number of hydrogen-bond acceptors (Lipinski definition) is 3. The largest absolute Gasteiger partial charge is 0.324 e. The van der Waals surface area contributed by atoms with E-state index in [1.165, 1.54) is 18.2 Å². The molecule has 0 fully saturated rings. The van der Waals surface area contributed by atoms with E-state index in [1.54, 1.807) is 13.0 Å². The van der Waals surface area contributed by atoms with E-state index >= 15 is 0 Å². The first-order valence-corrected chi connectivity index (χ1v) is 11.0. The van der Waals surface area contributed by atoms with Gasteiger partial charge in [-0.1, -0.05) is 36.2 Å². The average Bonchev–Trinajstić information content (AvgIpc) is 2.53. The fourth-order valence-corrected chi connectivity index (χ4v) is 4.48. The minimum Gasteiger partial charge on any atom is -0.324 e. The summed E-state index contributed by atoms with van der Waals surface area (Å²) in [5.74, 6) is -0.428. The Morgan fingerprint density at radius 2 is 1.67 bits per heavy atom. The van der Waals surface area contributed by atoms with E-state index in [4.69, 9.17) is 23.2 Å². The van der Waals surface area contributed by atoms with Crippen molar-refractivity contribution in [2.75, 3.05) is 15.9 Å². The van der Waals surface area contributed by atoms with Gasteiger partial charge in [0.15, 0.2) is 0 Å². The maximum atomic E-state index is 12.9. The summed E-state index contributed by atoms with van der Waals surface area (Å²) in [6.07, 6.45) is 1.32. The second kappa shape index (κ2) is 8.50. The molecule has 2 aromatic carbocycles. The minimum atomic E-state index is -3.76. The molecule has 0 heterocycles. The Balaban J connectivity index is 2.42. The molecule has 1 amide bonds. The first-order valence-electron chi connectivity index (χ1n) is 8.36. The van der Waals surface area contributed by atoms with Crippen molar-refractivity contribution in [3.05, 3.63) is 57.6 Å². The third kappa shape index (κ3) is 5.37. The fraction of sp³-hybridized carbons (Fsp3) is 0.316. The van der Waals surface area contributed by atoms with Gasteiger partial charge in [0, 0.05) is 15.7 Å². The molecule has 0 saturated carbocycles. The number of amides is 1. The van der Waals surface area contributed by atoms with Gasteiger partial charge in [-0.2, -0.15) is 0 Å². The van der Waals surface area contributed by atoms with Crippen LogP contribution in [0.3, 0.4) is 0 Å². The predicted octanol–water partition coefficient (Wildman–Crippen LogP) is 4.79. The van der Waals surface area contributed by atoms with Crippen LogP contribution in [0.4, 0.5) is 11.4 Å². The monoisotopic (exact) mass is 428 g/mol. The molecule has 0 aliphatic carbocycles. The van der Waals surface area contributed by atoms with Crippen molar-refractivity contribution >= 4 is 50.5 Å². The number of nitrogens with one attached hydrogen (secondary N) is 1. The highest BCUT2D eigenvalue weighted by Gasteiger charge is 2.32. The summed E-state index contributed by atoms with van der Waals surface area (Å²) in [4.78, 5) is 12.9. The number of hydrogen-bond donors (Lipinski definition) is 1. The maximum Gasteiger partial charge on any atom is 0.248 e. The average molecular weight is 429 g/mol. The lowest BCUT2D eigenvalue weighted by Gasteiger charge is -2.30. The molecule has 1 atom stereocenters. The van der Waals surface area contributed by atoms with Gasteiger partial charge in [0.1, 0.15) is 6.04 Å². The zero-order chi connectivity index (χ0) is 20.4. The van der Waals surface area contributed by atoms with Crippen molar-refractivity contribution in [2.24, 2.45) is 0 Å². The van der Waals surface area contributed by atoms with Crippen molar-refractivity contribution in [2.45, 2.75) is 33.2 Å². The van der Waals surface area contributed by atoms with Crippen molar-refractivity contribution in [1.29, 1.82) is 0 Å². The third-order valence-electron chi connectivity index (χ3n) is 4.21. The molecule has 27 heavy (non-hydrogen) atoms. The highest BCUT2D eigenvalue weighted by Crippen LogP contribution is 2.30. The van der Waals surface area contributed by atoms with E-state index in [1.807, 2.05) is 26.0 Å². The highest BCUT2D eigenvalue weighted by molar-refractivity contribution is 7.92. The Labute approximate surface area is 170 Å². The first-order chi connectivity index (χ1) is 12.5. The van der Waals surface area contributed by atoms with Crippen LogP contribution in [0.1, 0.15) is 24.5 Å². The summed E-state index contributed by atoms with van der Waals surface area (Å²) in [6.45, 7) is 5.66. The topological polar surface area (TPSA) is 66.5 Å². The highest BCUT2D eigenvalue weighted by atomic mass is 35.5. The molecule has 2 rings (SSSR count). The molecule has 0 radical (unpaired) electrons. The molecule has 0 saturated heterocycles. The van der Waals surface area contributed by atoms with Gasteiger partial charge in [-0.25, -0.2) is 8.42 Å². The van der Waals surface area contributed by atoms with Crippen LogP contribution in [0.25, 0.3) is 0 Å². The van der Waals surface area contributed by atoms with Crippen LogP contribution in [-0.2, 0) is 14.8 Å². The van der Waals surface area contributed by atoms with Gasteiger partial charge in [-0.3, -0.25) is 9.10 Å². The van der Waals surface area contributed by atoms with E-state index in [0.717, 1.165) is 21.7 Å². The zero-order valence-electron chi connectivity index (χ0n) is 15.6. The van der Waals surface area contributed by atoms with E-state index in [9.17, 15) is 13.2 Å². The van der Waals surface area contributed by atoms with Crippen LogP contribution in [-0.4, -0.2) is 26.6 Å². The Hall–Kier alpha value is -1.76. The van der Waals surface area contributed by atoms with Gasteiger partial charge in [0.05, 0.1) is 11.9 Å². The minimum absolute atomic E-state index is 0.247. The van der Waals surface area contributed by atoms with Gasteiger partial charge < -0.3 is 5.32 Å². The van der Waals surface area contributed by atoms with Crippen molar-refractivity contribution in [1.82, 2.24) is 0 Å². The Morgan fingerprint density at radius 3 is 2.15 bits per heavy atom. The lowest BCUT2D eigenvalue weighted by atomic mass is 10.1. The number of halogens is 2. The molecule has 0 aromatic heterocycles. The van der Waals surface area contributed by atoms with Gasteiger partial charge >= 0.3 is 0 Å². The Kier molecular flexibility index (Phi) is 6.78. The summed E-state index contributed by atoms with van der Waals surface area (Å²) < 4.78 is 26.0. The van der Waals surface area contributed by atoms with Crippen LogP contribution in [0.2, 0.25) is 10.0 Å². The molecule has 5 nitrogen and oxygen atoms in total. The Bertz CT molecular complexity index is 941. The number of benzene rings is 2. The van der Waals surface area contributed by atoms with Crippen LogP contribution in [0.5, 0.6) is 0 Å². The van der Waals surface area contributed by atoms with Crippen LogP contribution in [0.15, 0.2) is 36.4 Å². The summed E-state index contributed by atoms with van der Waals surface area (Å²) in [7, 11) is -3.76. The molecule has 0 aliphatic rings. The van der Waals surface area contributed by atoms with Crippen LogP contribution >= 0.6 is 23.2 Å². The fourth-order valence-electron chi connectivity index (χ4n) is 2.77. The van der Waals surface area contributed by atoms with E-state index in [2.05, 4.69) is 5.32 Å². The van der Waals surface area contributed by atoms with Crippen molar-refractivity contribution in [3.63, 3.8) is 0 Å². The van der Waals surface area contributed by atoms with Crippen molar-refractivity contribution < 1.29 is 13.2 Å². The van der Waals surface area contributed by atoms with Gasteiger partial charge in [0.25, 0.3) is 0 Å². The number of aryl methyl sites for hydroxylation is 2. The number of anilines is 2. The second-order valence-electron chi connectivity index (χ2n) is 6.40. The van der Waals surface area contributed by atoms with E-state index in [0.29, 0.717) is 5.69 Å². The summed E-state index contributed by atoms with van der Waals surface area (Å²) in [5, 5.41) is 3.38. The normalized spacial score (nSPS) is 12.5. The van der Waals surface area contributed by atoms with Gasteiger partial charge in [-0.15, -0.1) is 0 Å². The summed E-state index contributed by atoms with van der Waals surface area (Å²) in [5.41, 5.74) is 2.99. The molecule has 0 unspecified atom stereocenters. The molecule has 0 spiro atoms. The molecule has 146 valence electrons. The summed E-state index contributed by atoms with van der Waals surface area (Å²) >= 11 is 12.1. The molecule has 0 aliphatic heterocycles. The quantitative estimate of drug-likeness (QED) is 0.718. The molecule has 1 N–H and O–H groups in total. The lowest BCUT2D eigenvalue weighted by Crippen LogP contribution is -2.47. The number of carbonyl (C=O) groups excluding carboxylic acids is 1. The van der Waals surface area contributed by atoms with Crippen LogP contribution < -0.4 is 9.62 Å². The SMILES string of the molecule is CC[C@@H](C(=O)Nc1ccc(C)c(C)c1)N(c1cc(Cl)cc(Cl)c1)S(C)(=O)=O. The molecule has 2 aromatic rings. The second-order valence-corrected chi connectivity index (χ2v) is 9.13. The number of sulfonamides is 1. The molecule has 8 heteroatoms. The number of carbonyl (C=O) groups is 1. The lowest BCUT2D eigenvalue weighted by molar-refractivity contribution is -0.117.